The first-order valence-electron chi connectivity index (χ1n) is 23.0. The van der Waals surface area contributed by atoms with E-state index in [1.165, 1.54) is 4.90 Å². The third kappa shape index (κ3) is 9.04. The van der Waals surface area contributed by atoms with Gasteiger partial charge in [0.25, 0.3) is 0 Å². The fourth-order valence-electron chi connectivity index (χ4n) is 9.55. The maximum atomic E-state index is 14.4. The molecule has 1 saturated heterocycles. The number of carbonyl (C=O) groups is 4. The van der Waals surface area contributed by atoms with Crippen LogP contribution >= 0.6 is 22.7 Å². The van der Waals surface area contributed by atoms with Crippen molar-refractivity contribution in [1.29, 1.82) is 0 Å². The van der Waals surface area contributed by atoms with Crippen LogP contribution in [0.2, 0.25) is 0 Å². The molecule has 14 nitrogen and oxygen atoms in total. The molecule has 3 amide bonds. The van der Waals surface area contributed by atoms with Gasteiger partial charge in [-0.2, -0.15) is 0 Å². The minimum Gasteiger partial charge on any atom is -0.481 e. The van der Waals surface area contributed by atoms with E-state index in [1.807, 2.05) is 124 Å². The van der Waals surface area contributed by atoms with E-state index in [-0.39, 0.29) is 49.1 Å². The molecule has 7 atom stereocenters. The lowest BCUT2D eigenvalue weighted by Crippen LogP contribution is -2.58. The molecule has 2 fully saturated rings. The second-order valence-corrected chi connectivity index (χ2v) is 21.5. The summed E-state index contributed by atoms with van der Waals surface area (Å²) < 4.78 is 1.95. The highest BCUT2D eigenvalue weighted by molar-refractivity contribution is 7.15. The van der Waals surface area contributed by atoms with Gasteiger partial charge in [-0.3, -0.25) is 28.7 Å². The minimum atomic E-state index is -0.966. The number of β-amino-alcohol motifs (C(OH)–C–C–N with tert-alkyl or cyclic N) is 1. The lowest BCUT2D eigenvalue weighted by Gasteiger charge is -2.35. The molecule has 0 radical (unpaired) electrons. The van der Waals surface area contributed by atoms with Gasteiger partial charge >= 0.3 is 5.97 Å². The third-order valence-electron chi connectivity index (χ3n) is 13.6. The first-order valence-corrected chi connectivity index (χ1v) is 24.7. The predicted molar refractivity (Wildman–Crippen MR) is 263 cm³/mol. The lowest BCUT2D eigenvalue weighted by molar-refractivity contribution is -0.144. The van der Waals surface area contributed by atoms with Crippen LogP contribution in [0.4, 0.5) is 0 Å². The van der Waals surface area contributed by atoms with E-state index in [9.17, 15) is 29.4 Å². The summed E-state index contributed by atoms with van der Waals surface area (Å²) in [7, 11) is 0. The molecule has 16 heteroatoms. The number of aromatic nitrogens is 4. The molecule has 5 heterocycles. The van der Waals surface area contributed by atoms with Gasteiger partial charge in [0.15, 0.2) is 5.82 Å². The molecule has 0 bridgehead atoms. The molecule has 3 aliphatic rings. The number of carboxylic acid groups (broad SMARTS) is 1. The Bertz CT molecular complexity index is 2950. The molecule has 3 aromatic heterocycles. The quantitative estimate of drug-likeness (QED) is 0.0937. The van der Waals surface area contributed by atoms with Crippen molar-refractivity contribution in [2.24, 2.45) is 16.3 Å². The van der Waals surface area contributed by atoms with Crippen LogP contribution < -0.4 is 10.6 Å². The van der Waals surface area contributed by atoms with Gasteiger partial charge < -0.3 is 25.7 Å². The summed E-state index contributed by atoms with van der Waals surface area (Å²) in [6.07, 6.45) is -0.337. The molecule has 352 valence electrons. The Balaban J connectivity index is 0.852. The lowest BCUT2D eigenvalue weighted by atomic mass is 9.85. The number of aryl methyl sites for hydroxylation is 3. The molecule has 4 N–H and O–H groups in total. The highest BCUT2D eigenvalue weighted by Gasteiger charge is 2.49. The molecule has 1 aliphatic carbocycles. The average molecular weight is 953 g/mol. The van der Waals surface area contributed by atoms with Crippen molar-refractivity contribution in [3.8, 4) is 26.6 Å². The van der Waals surface area contributed by atoms with Crippen molar-refractivity contribution in [1.82, 2.24) is 35.3 Å². The number of amides is 3. The number of nitrogens with one attached hydrogen (secondary N) is 2. The van der Waals surface area contributed by atoms with Gasteiger partial charge in [-0.25, -0.2) is 4.98 Å². The minimum absolute atomic E-state index is 0.000971. The number of benzene rings is 3. The fourth-order valence-corrected chi connectivity index (χ4v) is 11.6. The molecular weight excluding hydrogens is 897 g/mol. The number of hydrogen-bond donors (Lipinski definition) is 4. The average Bonchev–Trinajstić information content (AvgIpc) is 3.46. The molecule has 68 heavy (non-hydrogen) atoms. The monoisotopic (exact) mass is 952 g/mol. The van der Waals surface area contributed by atoms with Crippen molar-refractivity contribution >= 4 is 52.1 Å². The van der Waals surface area contributed by atoms with Crippen LogP contribution in [0.5, 0.6) is 0 Å². The number of thiazole rings is 1. The zero-order valence-corrected chi connectivity index (χ0v) is 41.0. The number of likely N-dealkylation sites (tertiary alicyclic amines) is 1. The standard InChI is InChI=1S/C52H56N8O6S2/c1-26-29(4)68-51-43(26)44(55-40(23-42(62)63)47-58-57-30(5)60(47)51)35-17-13-33(14-18-35)32-11-15-34(16-12-32)38-22-39(38)48(64)56-46(52(6,7)8)50(66)59-24-37(61)21-41(59)49(65)54-27(2)31-9-19-36(20-10-31)45-28(3)53-25-67-45/h9-20,25,27,37-41,46,61H,21-24H2,1-8H3,(H,54,65)(H,56,64)(H,62,63)/t27-,37+,38?,39?,40-,41-,46+/m0/s1. The van der Waals surface area contributed by atoms with Crippen LogP contribution in [0.25, 0.3) is 26.6 Å². The summed E-state index contributed by atoms with van der Waals surface area (Å²) in [4.78, 5) is 67.1. The summed E-state index contributed by atoms with van der Waals surface area (Å²) in [6.45, 7) is 15.5. The van der Waals surface area contributed by atoms with Crippen molar-refractivity contribution in [2.45, 2.75) is 111 Å². The Morgan fingerprint density at radius 1 is 0.838 bits per heavy atom. The maximum Gasteiger partial charge on any atom is 0.306 e. The topological polar surface area (TPSA) is 192 Å². The van der Waals surface area contributed by atoms with Crippen molar-refractivity contribution < 1.29 is 29.4 Å². The van der Waals surface area contributed by atoms with Crippen LogP contribution in [0.1, 0.15) is 115 Å². The number of aliphatic imine (C=N–C) groups is 1. The van der Waals surface area contributed by atoms with Crippen LogP contribution in [-0.2, 0) is 19.2 Å². The number of rotatable bonds is 12. The van der Waals surface area contributed by atoms with Gasteiger partial charge in [-0.05, 0) is 85.8 Å². The zero-order chi connectivity index (χ0) is 48.3. The summed E-state index contributed by atoms with van der Waals surface area (Å²) in [5, 5.41) is 36.3. The van der Waals surface area contributed by atoms with E-state index >= 15 is 0 Å². The van der Waals surface area contributed by atoms with Gasteiger partial charge in [0.2, 0.25) is 17.7 Å². The molecule has 3 aromatic carbocycles. The summed E-state index contributed by atoms with van der Waals surface area (Å²) in [6, 6.07) is 21.4. The van der Waals surface area contributed by atoms with E-state index in [0.29, 0.717) is 18.1 Å². The zero-order valence-electron chi connectivity index (χ0n) is 39.4. The third-order valence-corrected chi connectivity index (χ3v) is 15.8. The number of nitrogens with zero attached hydrogens (tertiary/aromatic N) is 6. The Labute approximate surface area is 403 Å². The first kappa shape index (κ1) is 46.7. The van der Waals surface area contributed by atoms with E-state index in [1.54, 1.807) is 22.7 Å². The number of aliphatic carboxylic acids is 1. The van der Waals surface area contributed by atoms with Gasteiger partial charge in [0, 0.05) is 34.9 Å². The Morgan fingerprint density at radius 2 is 1.49 bits per heavy atom. The Hall–Kier alpha value is -6.36. The smallest absolute Gasteiger partial charge is 0.306 e. The van der Waals surface area contributed by atoms with Gasteiger partial charge in [0.05, 0.1) is 40.4 Å². The van der Waals surface area contributed by atoms with Gasteiger partial charge in [-0.1, -0.05) is 93.6 Å². The normalized spacial score (nSPS) is 20.7. The van der Waals surface area contributed by atoms with Crippen LogP contribution in [0, 0.1) is 39.0 Å². The highest BCUT2D eigenvalue weighted by Crippen LogP contribution is 2.48. The van der Waals surface area contributed by atoms with Crippen LogP contribution in [0.15, 0.2) is 83.3 Å². The highest BCUT2D eigenvalue weighted by atomic mass is 32.1. The molecule has 9 rings (SSSR count). The van der Waals surface area contributed by atoms with Gasteiger partial charge in [0.1, 0.15) is 29.0 Å². The van der Waals surface area contributed by atoms with E-state index < -0.39 is 41.5 Å². The molecule has 2 aliphatic heterocycles. The predicted octanol–water partition coefficient (Wildman–Crippen LogP) is 8.19. The van der Waals surface area contributed by atoms with E-state index in [2.05, 4.69) is 39.7 Å². The molecular formula is C52H56N8O6S2. The van der Waals surface area contributed by atoms with Crippen molar-refractivity contribution in [3.05, 3.63) is 128 Å². The number of hydrogen-bond acceptors (Lipinski definition) is 11. The SMILES string of the molecule is Cc1ncsc1-c1ccc([C@H](C)NC(=O)[C@@H]2C[C@@H](O)CN2C(=O)[C@@H](NC(=O)C2CC2c2ccc(-c3ccc(C4=N[C@@H](CC(=O)O)c5nnc(C)n5-c5sc(C)c(C)c54)cc3)cc2)C(C)(C)C)cc1. The number of thiophene rings is 1. The molecule has 6 aromatic rings. The summed E-state index contributed by atoms with van der Waals surface area (Å²) in [5.41, 5.74) is 10.7. The van der Waals surface area contributed by atoms with E-state index in [0.717, 1.165) is 70.7 Å². The fraction of sp³-hybridized carbons (Fsp3) is 0.385. The van der Waals surface area contributed by atoms with Crippen molar-refractivity contribution in [2.75, 3.05) is 6.54 Å². The van der Waals surface area contributed by atoms with Crippen LogP contribution in [-0.4, -0.2) is 89.0 Å². The number of carboxylic acids is 1. The largest absolute Gasteiger partial charge is 0.481 e. The number of fused-ring (bicyclic) bond motifs is 3. The Kier molecular flexibility index (Phi) is 12.6. The molecule has 2 unspecified atom stereocenters. The maximum absolute atomic E-state index is 14.4. The second kappa shape index (κ2) is 18.3. The Morgan fingerprint density at radius 3 is 2.12 bits per heavy atom. The number of aliphatic hydroxyl groups is 1. The number of aliphatic hydroxyl groups excluding tert-OH is 1. The number of carbonyl (C=O) groups excluding carboxylic acids is 3. The molecule has 0 spiro atoms. The van der Waals surface area contributed by atoms with E-state index in [4.69, 9.17) is 4.99 Å². The van der Waals surface area contributed by atoms with Gasteiger partial charge in [-0.15, -0.1) is 32.9 Å². The second-order valence-electron chi connectivity index (χ2n) is 19.5. The first-order chi connectivity index (χ1) is 32.4. The summed E-state index contributed by atoms with van der Waals surface area (Å²) >= 11 is 3.20. The van der Waals surface area contributed by atoms with Crippen LogP contribution in [0.3, 0.4) is 0 Å². The van der Waals surface area contributed by atoms with Crippen molar-refractivity contribution in [3.63, 3.8) is 0 Å². The summed E-state index contributed by atoms with van der Waals surface area (Å²) in [5.74, 6) is -1.05. The molecule has 1 saturated carbocycles.